The fraction of sp³-hybridized carbons (Fsp3) is 0.731. The molecule has 178 valence electrons. The minimum absolute atomic E-state index is 0.0975. The van der Waals surface area contributed by atoms with E-state index in [9.17, 15) is 9.18 Å². The fourth-order valence-electron chi connectivity index (χ4n) is 6.17. The number of rotatable bonds is 6. The molecule has 2 aliphatic heterocycles. The van der Waals surface area contributed by atoms with E-state index >= 15 is 0 Å². The van der Waals surface area contributed by atoms with Crippen molar-refractivity contribution in [3.63, 3.8) is 0 Å². The summed E-state index contributed by atoms with van der Waals surface area (Å²) in [5.74, 6) is 0.263. The number of anilines is 1. The summed E-state index contributed by atoms with van der Waals surface area (Å²) in [6, 6.07) is 8.32. The molecule has 0 amide bonds. The standard InChI is InChI=1S/C26H40FN3O2/c1-32-26(31)13-12-21-20-30(22-8-4-2-3-5-9-22)15-14-24(21)28-16-18-29(19-17-28)25-11-7-6-10-23(25)27/h6-7,10-11,21-22,24H,2-5,8-9,12-20H2,1H3/t21-,24+/m0/s1. The van der Waals surface area contributed by atoms with Gasteiger partial charge < -0.3 is 9.64 Å². The third-order valence-electron chi connectivity index (χ3n) is 7.99. The zero-order valence-electron chi connectivity index (χ0n) is 19.7. The summed E-state index contributed by atoms with van der Waals surface area (Å²) < 4.78 is 19.2. The van der Waals surface area contributed by atoms with E-state index < -0.39 is 0 Å². The second kappa shape index (κ2) is 11.5. The van der Waals surface area contributed by atoms with Gasteiger partial charge in [-0.1, -0.05) is 37.8 Å². The topological polar surface area (TPSA) is 36.0 Å². The minimum atomic E-state index is -0.131. The van der Waals surface area contributed by atoms with Crippen LogP contribution in [-0.4, -0.2) is 74.2 Å². The van der Waals surface area contributed by atoms with E-state index in [4.69, 9.17) is 4.74 Å². The lowest BCUT2D eigenvalue weighted by Crippen LogP contribution is -2.58. The Labute approximate surface area is 192 Å². The van der Waals surface area contributed by atoms with Crippen molar-refractivity contribution in [2.45, 2.75) is 69.9 Å². The number of carbonyl (C=O) groups is 1. The number of piperidine rings is 1. The number of ether oxygens (including phenoxy) is 1. The van der Waals surface area contributed by atoms with Crippen molar-refractivity contribution >= 4 is 11.7 Å². The van der Waals surface area contributed by atoms with Crippen LogP contribution in [0.3, 0.4) is 0 Å². The van der Waals surface area contributed by atoms with Gasteiger partial charge in [-0.3, -0.25) is 14.6 Å². The van der Waals surface area contributed by atoms with Crippen molar-refractivity contribution in [2.24, 2.45) is 5.92 Å². The molecule has 2 atom stereocenters. The highest BCUT2D eigenvalue weighted by atomic mass is 19.1. The van der Waals surface area contributed by atoms with Crippen LogP contribution in [0.2, 0.25) is 0 Å². The molecule has 0 radical (unpaired) electrons. The minimum Gasteiger partial charge on any atom is -0.469 e. The van der Waals surface area contributed by atoms with Gasteiger partial charge in [0.25, 0.3) is 0 Å². The molecule has 4 rings (SSSR count). The number of piperazine rings is 1. The number of halogens is 1. The maximum absolute atomic E-state index is 14.2. The molecule has 1 aromatic rings. The highest BCUT2D eigenvalue weighted by molar-refractivity contribution is 5.69. The Morgan fingerprint density at radius 2 is 1.69 bits per heavy atom. The van der Waals surface area contributed by atoms with Crippen molar-refractivity contribution in [3.05, 3.63) is 30.1 Å². The van der Waals surface area contributed by atoms with Crippen molar-refractivity contribution in [1.82, 2.24) is 9.80 Å². The fourth-order valence-corrected chi connectivity index (χ4v) is 6.17. The average molecular weight is 446 g/mol. The number of benzene rings is 1. The molecule has 0 spiro atoms. The van der Waals surface area contributed by atoms with Gasteiger partial charge in [0.15, 0.2) is 0 Å². The summed E-state index contributed by atoms with van der Waals surface area (Å²) >= 11 is 0. The predicted octanol–water partition coefficient (Wildman–Crippen LogP) is 4.31. The number of carbonyl (C=O) groups excluding carboxylic acids is 1. The van der Waals surface area contributed by atoms with Crippen molar-refractivity contribution < 1.29 is 13.9 Å². The Hall–Kier alpha value is -1.66. The van der Waals surface area contributed by atoms with E-state index in [-0.39, 0.29) is 11.8 Å². The molecule has 6 heteroatoms. The first kappa shape index (κ1) is 23.5. The molecule has 0 bridgehead atoms. The number of nitrogens with zero attached hydrogens (tertiary/aromatic N) is 3. The first-order chi connectivity index (χ1) is 15.7. The van der Waals surface area contributed by atoms with E-state index in [1.54, 1.807) is 12.1 Å². The Bertz CT molecular complexity index is 730. The van der Waals surface area contributed by atoms with Crippen LogP contribution in [0.5, 0.6) is 0 Å². The van der Waals surface area contributed by atoms with Crippen LogP contribution in [-0.2, 0) is 9.53 Å². The number of esters is 1. The molecule has 0 unspecified atom stereocenters. The number of likely N-dealkylation sites (tertiary alicyclic amines) is 1. The van der Waals surface area contributed by atoms with E-state index in [0.717, 1.165) is 57.4 Å². The van der Waals surface area contributed by atoms with Gasteiger partial charge in [-0.05, 0) is 50.3 Å². The molecule has 0 N–H and O–H groups in total. The summed E-state index contributed by atoms with van der Waals surface area (Å²) in [6.45, 7) is 5.88. The van der Waals surface area contributed by atoms with Crippen molar-refractivity contribution in [1.29, 1.82) is 0 Å². The lowest BCUT2D eigenvalue weighted by molar-refractivity contribution is -0.141. The quantitative estimate of drug-likeness (QED) is 0.482. The molecule has 0 aromatic heterocycles. The van der Waals surface area contributed by atoms with Gasteiger partial charge >= 0.3 is 5.97 Å². The molecule has 3 fully saturated rings. The molecule has 2 saturated heterocycles. The summed E-state index contributed by atoms with van der Waals surface area (Å²) in [4.78, 5) is 19.4. The molecule has 1 saturated carbocycles. The van der Waals surface area contributed by atoms with Gasteiger partial charge in [0.05, 0.1) is 12.8 Å². The van der Waals surface area contributed by atoms with Crippen LogP contribution in [0, 0.1) is 11.7 Å². The third-order valence-corrected chi connectivity index (χ3v) is 7.99. The maximum Gasteiger partial charge on any atom is 0.305 e. The highest BCUT2D eigenvalue weighted by Crippen LogP contribution is 2.32. The van der Waals surface area contributed by atoms with Crippen LogP contribution in [0.25, 0.3) is 0 Å². The van der Waals surface area contributed by atoms with Crippen LogP contribution < -0.4 is 4.90 Å². The van der Waals surface area contributed by atoms with Crippen molar-refractivity contribution in [2.75, 3.05) is 51.3 Å². The molecule has 5 nitrogen and oxygen atoms in total. The van der Waals surface area contributed by atoms with Crippen LogP contribution in [0.1, 0.15) is 57.8 Å². The van der Waals surface area contributed by atoms with Gasteiger partial charge in [0.2, 0.25) is 0 Å². The van der Waals surface area contributed by atoms with E-state index in [2.05, 4.69) is 14.7 Å². The van der Waals surface area contributed by atoms with E-state index in [0.29, 0.717) is 18.4 Å². The lowest BCUT2D eigenvalue weighted by Gasteiger charge is -2.48. The van der Waals surface area contributed by atoms with Gasteiger partial charge in [-0.2, -0.15) is 0 Å². The number of methoxy groups -OCH3 is 1. The monoisotopic (exact) mass is 445 g/mol. The van der Waals surface area contributed by atoms with E-state index in [1.807, 2.05) is 12.1 Å². The highest BCUT2D eigenvalue weighted by Gasteiger charge is 2.37. The number of hydrogen-bond acceptors (Lipinski definition) is 5. The second-order valence-electron chi connectivity index (χ2n) is 9.85. The largest absolute Gasteiger partial charge is 0.469 e. The van der Waals surface area contributed by atoms with Gasteiger partial charge in [-0.25, -0.2) is 4.39 Å². The molecular weight excluding hydrogens is 405 g/mol. The normalized spacial score (nSPS) is 26.6. The summed E-state index contributed by atoms with van der Waals surface area (Å²) in [7, 11) is 1.49. The maximum atomic E-state index is 14.2. The molecule has 2 heterocycles. The molecule has 32 heavy (non-hydrogen) atoms. The first-order valence-corrected chi connectivity index (χ1v) is 12.7. The number of hydrogen-bond donors (Lipinski definition) is 0. The first-order valence-electron chi connectivity index (χ1n) is 12.7. The lowest BCUT2D eigenvalue weighted by atomic mass is 9.85. The predicted molar refractivity (Wildman–Crippen MR) is 126 cm³/mol. The van der Waals surface area contributed by atoms with Crippen LogP contribution in [0.15, 0.2) is 24.3 Å². The summed E-state index contributed by atoms with van der Waals surface area (Å²) in [5, 5.41) is 0. The Morgan fingerprint density at radius 3 is 2.38 bits per heavy atom. The van der Waals surface area contributed by atoms with Gasteiger partial charge in [-0.15, -0.1) is 0 Å². The third kappa shape index (κ3) is 5.82. The van der Waals surface area contributed by atoms with Crippen LogP contribution >= 0.6 is 0 Å². The van der Waals surface area contributed by atoms with Gasteiger partial charge in [0, 0.05) is 51.2 Å². The Morgan fingerprint density at radius 1 is 0.969 bits per heavy atom. The zero-order chi connectivity index (χ0) is 22.3. The Balaban J connectivity index is 1.38. The summed E-state index contributed by atoms with van der Waals surface area (Å²) in [5.41, 5.74) is 0.720. The number of para-hydroxylation sites is 1. The molecular formula is C26H40FN3O2. The Kier molecular flexibility index (Phi) is 8.42. The van der Waals surface area contributed by atoms with Crippen LogP contribution in [0.4, 0.5) is 10.1 Å². The van der Waals surface area contributed by atoms with Crippen molar-refractivity contribution in [3.8, 4) is 0 Å². The second-order valence-corrected chi connectivity index (χ2v) is 9.85. The molecule has 3 aliphatic rings. The zero-order valence-corrected chi connectivity index (χ0v) is 19.7. The van der Waals surface area contributed by atoms with Gasteiger partial charge in [0.1, 0.15) is 5.82 Å². The summed E-state index contributed by atoms with van der Waals surface area (Å²) in [6.07, 6.45) is 10.7. The smallest absolute Gasteiger partial charge is 0.305 e. The molecule has 1 aliphatic carbocycles. The average Bonchev–Trinajstić information content (AvgIpc) is 3.12. The van der Waals surface area contributed by atoms with E-state index in [1.165, 1.54) is 52.1 Å². The SMILES string of the molecule is COC(=O)CC[C@H]1CN(C2CCCCCC2)CC[C@H]1N1CCN(c2ccccc2F)CC1. The molecule has 1 aromatic carbocycles.